The van der Waals surface area contributed by atoms with Gasteiger partial charge in [0.2, 0.25) is 0 Å². The Morgan fingerprint density at radius 3 is 2.00 bits per heavy atom. The first-order valence-electron chi connectivity index (χ1n) is 6.54. The van der Waals surface area contributed by atoms with Crippen molar-refractivity contribution in [2.75, 3.05) is 0 Å². The molecule has 0 fully saturated rings. The van der Waals surface area contributed by atoms with E-state index in [1.165, 1.54) is 36.7 Å². The molecule has 2 aromatic rings. The summed E-state index contributed by atoms with van der Waals surface area (Å²) in [7, 11) is 1.45. The normalized spacial score (nSPS) is 22.1. The number of fused-ring (bicyclic) bond motifs is 1. The molecule has 1 aromatic heterocycles. The van der Waals surface area contributed by atoms with E-state index in [1.807, 2.05) is 0 Å². The summed E-state index contributed by atoms with van der Waals surface area (Å²) in [6.07, 6.45) is 0. The van der Waals surface area contributed by atoms with Crippen molar-refractivity contribution in [1.82, 2.24) is 4.57 Å². The van der Waals surface area contributed by atoms with E-state index in [0.29, 0.717) is 5.52 Å². The van der Waals surface area contributed by atoms with Crippen LogP contribution in [0.25, 0.3) is 16.5 Å². The summed E-state index contributed by atoms with van der Waals surface area (Å²) in [5.41, 5.74) is -2.23. The van der Waals surface area contributed by atoms with Crippen LogP contribution in [0.1, 0.15) is 11.3 Å². The zero-order valence-corrected chi connectivity index (χ0v) is 11.9. The number of rotatable bonds is 1. The summed E-state index contributed by atoms with van der Waals surface area (Å²) in [6, 6.07) is 5.77. The fourth-order valence-electron chi connectivity index (χ4n) is 2.89. The van der Waals surface area contributed by atoms with Crippen molar-refractivity contribution in [3.05, 3.63) is 41.3 Å². The second kappa shape index (κ2) is 4.30. The fraction of sp³-hybridized carbons (Fsp3) is 0.333. The summed E-state index contributed by atoms with van der Waals surface area (Å²) in [5, 5.41) is 0.00539. The molecule has 0 saturated heterocycles. The summed E-state index contributed by atoms with van der Waals surface area (Å²) in [6.45, 7) is 1.28. The first kappa shape index (κ1) is 15.9. The van der Waals surface area contributed by atoms with Crippen LogP contribution >= 0.6 is 0 Å². The molecule has 0 N–H and O–H groups in total. The van der Waals surface area contributed by atoms with Crippen LogP contribution in [0.4, 0.5) is 30.7 Å². The van der Waals surface area contributed by atoms with Crippen molar-refractivity contribution >= 4 is 16.5 Å². The molecule has 1 aliphatic carbocycles. The number of para-hydroxylation sites is 1. The molecule has 23 heavy (non-hydrogen) atoms. The van der Waals surface area contributed by atoms with E-state index < -0.39 is 34.7 Å². The number of allylic oxidation sites excluding steroid dienone is 2. The summed E-state index contributed by atoms with van der Waals surface area (Å²) in [4.78, 5) is 0. The molecule has 1 nitrogen and oxygen atoms in total. The van der Waals surface area contributed by atoms with Crippen LogP contribution in [0.2, 0.25) is 0 Å². The van der Waals surface area contributed by atoms with E-state index in [2.05, 4.69) is 0 Å². The second-order valence-electron chi connectivity index (χ2n) is 5.45. The Bertz CT molecular complexity index is 845. The van der Waals surface area contributed by atoms with Gasteiger partial charge in [-0.3, -0.25) is 0 Å². The highest BCUT2D eigenvalue weighted by Crippen LogP contribution is 2.63. The van der Waals surface area contributed by atoms with Crippen molar-refractivity contribution in [2.24, 2.45) is 7.05 Å². The van der Waals surface area contributed by atoms with E-state index in [1.54, 1.807) is 6.07 Å². The largest absolute Gasteiger partial charge is 0.383 e. The number of halogens is 7. The third-order valence-corrected chi connectivity index (χ3v) is 4.25. The standard InChI is InChI=1S/C15H10F7N/c1-7-10(8-5-3-4-6-9(8)23(7)2)11-12(16)14(19,20)15(21,22)13(11,17)18/h3-6H,1-2H3. The van der Waals surface area contributed by atoms with Gasteiger partial charge in [-0.15, -0.1) is 0 Å². The summed E-state index contributed by atoms with van der Waals surface area (Å²) in [5.74, 6) is -19.5. The second-order valence-corrected chi connectivity index (χ2v) is 5.45. The minimum Gasteiger partial charge on any atom is -0.347 e. The lowest BCUT2D eigenvalue weighted by Crippen LogP contribution is -2.48. The topological polar surface area (TPSA) is 4.93 Å². The SMILES string of the molecule is Cc1c(C2=C(F)C(F)(F)C(F)(F)C2(F)F)c2ccccc2n1C. The Morgan fingerprint density at radius 1 is 0.913 bits per heavy atom. The first-order chi connectivity index (χ1) is 10.5. The van der Waals surface area contributed by atoms with E-state index in [9.17, 15) is 30.7 Å². The summed E-state index contributed by atoms with van der Waals surface area (Å²) >= 11 is 0. The highest BCUT2D eigenvalue weighted by atomic mass is 19.3. The molecule has 8 heteroatoms. The molecule has 1 aromatic carbocycles. The quantitative estimate of drug-likeness (QED) is 0.639. The molecular weight excluding hydrogens is 327 g/mol. The molecular formula is C15H10F7N. The Kier molecular flexibility index (Phi) is 2.97. The molecule has 0 amide bonds. The third-order valence-electron chi connectivity index (χ3n) is 4.25. The first-order valence-corrected chi connectivity index (χ1v) is 6.54. The fourth-order valence-corrected chi connectivity index (χ4v) is 2.89. The van der Waals surface area contributed by atoms with Crippen LogP contribution in [0.5, 0.6) is 0 Å². The molecule has 0 radical (unpaired) electrons. The lowest BCUT2D eigenvalue weighted by Gasteiger charge is -2.24. The highest BCUT2D eigenvalue weighted by molar-refractivity contribution is 5.98. The molecule has 0 bridgehead atoms. The molecule has 124 valence electrons. The van der Waals surface area contributed by atoms with Crippen molar-refractivity contribution in [1.29, 1.82) is 0 Å². The van der Waals surface area contributed by atoms with E-state index in [4.69, 9.17) is 0 Å². The van der Waals surface area contributed by atoms with Gasteiger partial charge in [-0.1, -0.05) is 18.2 Å². The average Bonchev–Trinajstić information content (AvgIpc) is 2.76. The maximum atomic E-state index is 14.0. The zero-order chi connectivity index (χ0) is 17.4. The molecule has 0 atom stereocenters. The van der Waals surface area contributed by atoms with Crippen LogP contribution in [-0.4, -0.2) is 22.3 Å². The highest BCUT2D eigenvalue weighted by Gasteiger charge is 2.81. The van der Waals surface area contributed by atoms with Gasteiger partial charge in [0.25, 0.3) is 0 Å². The number of hydrogen-bond acceptors (Lipinski definition) is 0. The Labute approximate surface area is 126 Å². The molecule has 0 spiro atoms. The number of nitrogens with zero attached hydrogens (tertiary/aromatic N) is 1. The number of alkyl halides is 6. The zero-order valence-electron chi connectivity index (χ0n) is 11.9. The van der Waals surface area contributed by atoms with Gasteiger partial charge in [0.1, 0.15) is 0 Å². The number of benzene rings is 1. The van der Waals surface area contributed by atoms with Crippen LogP contribution in [0, 0.1) is 6.92 Å². The number of aromatic nitrogens is 1. The Hall–Kier alpha value is -1.99. The minimum absolute atomic E-state index is 0.00539. The lowest BCUT2D eigenvalue weighted by atomic mass is 9.98. The maximum absolute atomic E-state index is 14.0. The van der Waals surface area contributed by atoms with E-state index in [0.717, 1.165) is 0 Å². The number of hydrogen-bond donors (Lipinski definition) is 0. The minimum atomic E-state index is -5.83. The van der Waals surface area contributed by atoms with Gasteiger partial charge >= 0.3 is 17.8 Å². The van der Waals surface area contributed by atoms with Crippen LogP contribution in [0.3, 0.4) is 0 Å². The van der Waals surface area contributed by atoms with Gasteiger partial charge < -0.3 is 4.57 Å². The van der Waals surface area contributed by atoms with Crippen LogP contribution in [-0.2, 0) is 7.05 Å². The van der Waals surface area contributed by atoms with Gasteiger partial charge in [0.05, 0.1) is 5.57 Å². The van der Waals surface area contributed by atoms with Crippen molar-refractivity contribution < 1.29 is 30.7 Å². The molecule has 0 unspecified atom stereocenters. The lowest BCUT2D eigenvalue weighted by molar-refractivity contribution is -0.263. The Morgan fingerprint density at radius 2 is 1.48 bits per heavy atom. The van der Waals surface area contributed by atoms with E-state index >= 15 is 0 Å². The van der Waals surface area contributed by atoms with Crippen molar-refractivity contribution in [3.8, 4) is 0 Å². The number of aryl methyl sites for hydroxylation is 1. The Balaban J connectivity index is 2.44. The van der Waals surface area contributed by atoms with Gasteiger partial charge in [0, 0.05) is 29.2 Å². The van der Waals surface area contributed by atoms with E-state index in [-0.39, 0.29) is 11.1 Å². The van der Waals surface area contributed by atoms with Gasteiger partial charge in [-0.25, -0.2) is 4.39 Å². The predicted octanol–water partition coefficient (Wildman–Crippen LogP) is 5.09. The van der Waals surface area contributed by atoms with Crippen molar-refractivity contribution in [3.63, 3.8) is 0 Å². The molecule has 1 heterocycles. The molecule has 3 rings (SSSR count). The van der Waals surface area contributed by atoms with Gasteiger partial charge in [-0.05, 0) is 13.0 Å². The van der Waals surface area contributed by atoms with Crippen LogP contribution in [0.15, 0.2) is 30.1 Å². The molecule has 0 aliphatic heterocycles. The molecule has 1 aliphatic rings. The van der Waals surface area contributed by atoms with Gasteiger partial charge in [0.15, 0.2) is 5.83 Å². The van der Waals surface area contributed by atoms with Crippen molar-refractivity contribution in [2.45, 2.75) is 24.7 Å². The van der Waals surface area contributed by atoms with Gasteiger partial charge in [-0.2, -0.15) is 26.3 Å². The monoisotopic (exact) mass is 337 g/mol. The molecule has 0 saturated carbocycles. The summed E-state index contributed by atoms with van der Waals surface area (Å²) < 4.78 is 97.0. The average molecular weight is 337 g/mol. The maximum Gasteiger partial charge on any atom is 0.383 e. The third kappa shape index (κ3) is 1.63. The predicted molar refractivity (Wildman–Crippen MR) is 70.5 cm³/mol. The van der Waals surface area contributed by atoms with Crippen LogP contribution < -0.4 is 0 Å². The smallest absolute Gasteiger partial charge is 0.347 e.